The summed E-state index contributed by atoms with van der Waals surface area (Å²) < 4.78 is 43.4. The van der Waals surface area contributed by atoms with Gasteiger partial charge in [0.2, 0.25) is 0 Å². The van der Waals surface area contributed by atoms with E-state index in [2.05, 4.69) is 4.74 Å². The number of ether oxygens (including phenoxy) is 1. The number of carbonyl (C=O) groups is 1. The predicted octanol–water partition coefficient (Wildman–Crippen LogP) is 0.861. The van der Waals surface area contributed by atoms with Crippen molar-refractivity contribution in [2.24, 2.45) is 5.84 Å². The van der Waals surface area contributed by atoms with Crippen LogP contribution < -0.4 is 16.0 Å². The minimum absolute atomic E-state index is 0.450. The monoisotopic (exact) mass is 234 g/mol. The largest absolute Gasteiger partial charge is 0.475 e. The highest BCUT2D eigenvalue weighted by Crippen LogP contribution is 2.23. The molecule has 1 aromatic carbocycles. The summed E-state index contributed by atoms with van der Waals surface area (Å²) in [5.74, 6) is -0.309. The summed E-state index contributed by atoms with van der Waals surface area (Å²) in [6.07, 6.45) is -1.19. The third kappa shape index (κ3) is 2.63. The van der Waals surface area contributed by atoms with E-state index < -0.39 is 35.2 Å². The summed E-state index contributed by atoms with van der Waals surface area (Å²) in [4.78, 5) is 10.9. The highest BCUT2D eigenvalue weighted by Gasteiger charge is 2.19. The Kier molecular flexibility index (Phi) is 3.73. The van der Waals surface area contributed by atoms with Crippen molar-refractivity contribution in [2.75, 3.05) is 0 Å². The summed E-state index contributed by atoms with van der Waals surface area (Å²) in [6, 6.07) is 0.900. The Morgan fingerprint density at radius 1 is 1.38 bits per heavy atom. The molecule has 1 unspecified atom stereocenters. The molecule has 0 heterocycles. The average Bonchev–Trinajstić information content (AvgIpc) is 2.21. The van der Waals surface area contributed by atoms with Crippen LogP contribution in [0.1, 0.15) is 6.92 Å². The van der Waals surface area contributed by atoms with Gasteiger partial charge in [-0.05, 0) is 6.92 Å². The Hall–Kier alpha value is -1.76. The standard InChI is InChI=1S/C9H9F3N2O2/c1-4(9(15)14-13)16-8-6(11)2-5(10)3-7(8)12/h2-4H,13H2,1H3,(H,14,15). The van der Waals surface area contributed by atoms with Gasteiger partial charge in [-0.3, -0.25) is 10.2 Å². The lowest BCUT2D eigenvalue weighted by Gasteiger charge is -2.13. The van der Waals surface area contributed by atoms with Crippen LogP contribution in [0.5, 0.6) is 5.75 Å². The number of nitrogens with one attached hydrogen (secondary N) is 1. The van der Waals surface area contributed by atoms with Crippen molar-refractivity contribution in [3.63, 3.8) is 0 Å². The normalized spacial score (nSPS) is 12.1. The first kappa shape index (κ1) is 12.3. The second-order valence-corrected chi connectivity index (χ2v) is 2.97. The lowest BCUT2D eigenvalue weighted by atomic mass is 10.3. The van der Waals surface area contributed by atoms with Crippen LogP contribution in [0.4, 0.5) is 13.2 Å². The van der Waals surface area contributed by atoms with E-state index >= 15 is 0 Å². The van der Waals surface area contributed by atoms with Gasteiger partial charge in [0.25, 0.3) is 5.91 Å². The molecule has 1 amide bonds. The molecule has 0 fully saturated rings. The van der Waals surface area contributed by atoms with Gasteiger partial charge in [-0.2, -0.15) is 0 Å². The zero-order chi connectivity index (χ0) is 12.3. The lowest BCUT2D eigenvalue weighted by molar-refractivity contribution is -0.127. The van der Waals surface area contributed by atoms with Crippen LogP contribution >= 0.6 is 0 Å². The van der Waals surface area contributed by atoms with Crippen molar-refractivity contribution in [3.05, 3.63) is 29.6 Å². The van der Waals surface area contributed by atoms with E-state index in [1.807, 2.05) is 0 Å². The SMILES string of the molecule is CC(Oc1c(F)cc(F)cc1F)C(=O)NN. The van der Waals surface area contributed by atoms with E-state index in [0.29, 0.717) is 12.1 Å². The summed E-state index contributed by atoms with van der Waals surface area (Å²) >= 11 is 0. The third-order valence-electron chi connectivity index (χ3n) is 1.77. The maximum absolute atomic E-state index is 13.1. The van der Waals surface area contributed by atoms with E-state index in [-0.39, 0.29) is 0 Å². The van der Waals surface area contributed by atoms with Gasteiger partial charge in [0.1, 0.15) is 5.82 Å². The Balaban J connectivity index is 2.93. The van der Waals surface area contributed by atoms with Crippen LogP contribution in [-0.4, -0.2) is 12.0 Å². The first-order valence-corrected chi connectivity index (χ1v) is 4.27. The van der Waals surface area contributed by atoms with Gasteiger partial charge in [-0.15, -0.1) is 0 Å². The minimum atomic E-state index is -1.23. The molecule has 1 aromatic rings. The van der Waals surface area contributed by atoms with Crippen LogP contribution in [-0.2, 0) is 4.79 Å². The maximum Gasteiger partial charge on any atom is 0.274 e. The minimum Gasteiger partial charge on any atom is -0.475 e. The smallest absolute Gasteiger partial charge is 0.274 e. The molecule has 0 aromatic heterocycles. The second kappa shape index (κ2) is 4.84. The topological polar surface area (TPSA) is 64.3 Å². The number of hydrogen-bond donors (Lipinski definition) is 2. The van der Waals surface area contributed by atoms with E-state index in [0.717, 1.165) is 0 Å². The van der Waals surface area contributed by atoms with Crippen molar-refractivity contribution >= 4 is 5.91 Å². The van der Waals surface area contributed by atoms with Gasteiger partial charge in [0.15, 0.2) is 23.5 Å². The number of hydrazine groups is 1. The summed E-state index contributed by atoms with van der Waals surface area (Å²) in [7, 11) is 0. The van der Waals surface area contributed by atoms with Gasteiger partial charge in [0, 0.05) is 12.1 Å². The summed E-state index contributed by atoms with van der Waals surface area (Å²) in [6.45, 7) is 1.24. The van der Waals surface area contributed by atoms with Gasteiger partial charge >= 0.3 is 0 Å². The average molecular weight is 234 g/mol. The van der Waals surface area contributed by atoms with Crippen LogP contribution in [0.3, 0.4) is 0 Å². The molecule has 0 aliphatic heterocycles. The highest BCUT2D eigenvalue weighted by molar-refractivity contribution is 5.80. The van der Waals surface area contributed by atoms with Crippen molar-refractivity contribution in [2.45, 2.75) is 13.0 Å². The number of amides is 1. The van der Waals surface area contributed by atoms with Crippen molar-refractivity contribution in [1.82, 2.24) is 5.43 Å². The van der Waals surface area contributed by atoms with Crippen LogP contribution in [0.2, 0.25) is 0 Å². The van der Waals surface area contributed by atoms with Gasteiger partial charge in [-0.1, -0.05) is 0 Å². The third-order valence-corrected chi connectivity index (χ3v) is 1.77. The predicted molar refractivity (Wildman–Crippen MR) is 48.7 cm³/mol. The maximum atomic E-state index is 13.1. The number of nitrogens with two attached hydrogens (primary N) is 1. The first-order valence-electron chi connectivity index (χ1n) is 4.27. The molecule has 1 atom stereocenters. The second-order valence-electron chi connectivity index (χ2n) is 2.97. The fourth-order valence-corrected chi connectivity index (χ4v) is 0.989. The molecule has 0 saturated carbocycles. The van der Waals surface area contributed by atoms with E-state index in [9.17, 15) is 18.0 Å². The Bertz CT molecular complexity index is 389. The molecule has 16 heavy (non-hydrogen) atoms. The Morgan fingerprint density at radius 3 is 2.31 bits per heavy atom. The molecule has 4 nitrogen and oxygen atoms in total. The molecule has 1 rings (SSSR count). The van der Waals surface area contributed by atoms with E-state index in [1.54, 1.807) is 5.43 Å². The Labute approximate surface area is 89.2 Å². The molecule has 7 heteroatoms. The Morgan fingerprint density at radius 2 is 1.88 bits per heavy atom. The number of carbonyl (C=O) groups excluding carboxylic acids is 1. The molecular formula is C9H9F3N2O2. The molecule has 0 spiro atoms. The van der Waals surface area contributed by atoms with Crippen molar-refractivity contribution in [1.29, 1.82) is 0 Å². The summed E-state index contributed by atoms with van der Waals surface area (Å²) in [5.41, 5.74) is 1.75. The molecule has 3 N–H and O–H groups in total. The fourth-order valence-electron chi connectivity index (χ4n) is 0.989. The van der Waals surface area contributed by atoms with Crippen LogP contribution in [0, 0.1) is 17.5 Å². The molecule has 0 saturated heterocycles. The van der Waals surface area contributed by atoms with Crippen LogP contribution in [0.25, 0.3) is 0 Å². The van der Waals surface area contributed by atoms with Crippen molar-refractivity contribution in [3.8, 4) is 5.75 Å². The fraction of sp³-hybridized carbons (Fsp3) is 0.222. The zero-order valence-corrected chi connectivity index (χ0v) is 8.26. The molecule has 88 valence electrons. The molecule has 0 aliphatic carbocycles. The molecule has 0 bridgehead atoms. The van der Waals surface area contributed by atoms with Crippen LogP contribution in [0.15, 0.2) is 12.1 Å². The lowest BCUT2D eigenvalue weighted by Crippen LogP contribution is -2.40. The zero-order valence-electron chi connectivity index (χ0n) is 8.26. The van der Waals surface area contributed by atoms with Gasteiger partial charge in [0.05, 0.1) is 0 Å². The number of hydrogen-bond acceptors (Lipinski definition) is 3. The van der Waals surface area contributed by atoms with Crippen molar-refractivity contribution < 1.29 is 22.7 Å². The van der Waals surface area contributed by atoms with E-state index in [1.165, 1.54) is 6.92 Å². The number of benzene rings is 1. The first-order chi connectivity index (χ1) is 7.45. The highest BCUT2D eigenvalue weighted by atomic mass is 19.1. The molecular weight excluding hydrogens is 225 g/mol. The van der Waals surface area contributed by atoms with Gasteiger partial charge in [-0.25, -0.2) is 19.0 Å². The molecule has 0 radical (unpaired) electrons. The van der Waals surface area contributed by atoms with E-state index in [4.69, 9.17) is 5.84 Å². The number of rotatable bonds is 3. The number of halogens is 3. The van der Waals surface area contributed by atoms with Gasteiger partial charge < -0.3 is 4.74 Å². The molecule has 0 aliphatic rings. The summed E-state index contributed by atoms with van der Waals surface area (Å²) in [5, 5.41) is 0. The quantitative estimate of drug-likeness (QED) is 0.463.